The van der Waals surface area contributed by atoms with Gasteiger partial charge in [-0.25, -0.2) is 4.79 Å². The number of halogens is 1. The SMILES string of the molecule is COC(=O)/C(=C/c1ccccc1)CC1(C#N)c2ccccc2C=CN1C(=O)c1ccc(Br)cc1. The van der Waals surface area contributed by atoms with Crippen LogP contribution in [0.25, 0.3) is 12.2 Å². The Bertz CT molecular complexity index is 1320. The molecule has 6 heteroatoms. The smallest absolute Gasteiger partial charge is 0.333 e. The average Bonchev–Trinajstić information content (AvgIpc) is 2.88. The van der Waals surface area contributed by atoms with E-state index < -0.39 is 11.5 Å². The second kappa shape index (κ2) is 9.90. The zero-order chi connectivity index (χ0) is 24.1. The maximum Gasteiger partial charge on any atom is 0.333 e. The standard InChI is InChI=1S/C28H21BrN2O3/c1-34-27(33)23(17-20-7-3-2-4-8-20)18-28(19-30)25-10-6-5-9-21(25)15-16-31(28)26(32)22-11-13-24(29)14-12-22/h2-17H,18H2,1H3/b23-17+. The predicted octanol–water partition coefficient (Wildman–Crippen LogP) is 5.94. The van der Waals surface area contributed by atoms with Crippen molar-refractivity contribution in [2.24, 2.45) is 0 Å². The molecule has 1 amide bonds. The molecule has 1 aliphatic heterocycles. The van der Waals surface area contributed by atoms with E-state index in [1.54, 1.807) is 42.6 Å². The Balaban J connectivity index is 1.87. The first-order valence-electron chi connectivity index (χ1n) is 10.6. The quantitative estimate of drug-likeness (QED) is 0.313. The Morgan fingerprint density at radius 1 is 1.03 bits per heavy atom. The highest BCUT2D eigenvalue weighted by Crippen LogP contribution is 2.42. The van der Waals surface area contributed by atoms with Crippen LogP contribution in [0.1, 0.15) is 33.5 Å². The van der Waals surface area contributed by atoms with Crippen molar-refractivity contribution in [3.05, 3.63) is 117 Å². The van der Waals surface area contributed by atoms with Crippen molar-refractivity contribution >= 4 is 40.0 Å². The number of nitrogens with zero attached hydrogens (tertiary/aromatic N) is 2. The van der Waals surface area contributed by atoms with Crippen LogP contribution in [-0.2, 0) is 15.1 Å². The molecule has 1 unspecified atom stereocenters. The number of fused-ring (bicyclic) bond motifs is 1. The van der Waals surface area contributed by atoms with Gasteiger partial charge in [0, 0.05) is 28.2 Å². The van der Waals surface area contributed by atoms with Gasteiger partial charge in [-0.3, -0.25) is 9.69 Å². The third-order valence-electron chi connectivity index (χ3n) is 5.75. The van der Waals surface area contributed by atoms with Crippen molar-refractivity contribution in [3.8, 4) is 6.07 Å². The van der Waals surface area contributed by atoms with Crippen LogP contribution in [0.2, 0.25) is 0 Å². The van der Waals surface area contributed by atoms with Gasteiger partial charge in [0.05, 0.1) is 13.2 Å². The molecular formula is C28H21BrN2O3. The van der Waals surface area contributed by atoms with Crippen molar-refractivity contribution in [1.82, 2.24) is 4.90 Å². The molecule has 0 saturated heterocycles. The summed E-state index contributed by atoms with van der Waals surface area (Å²) in [5.41, 5.74) is 1.51. The fourth-order valence-electron chi connectivity index (χ4n) is 4.08. The van der Waals surface area contributed by atoms with Gasteiger partial charge in [0.15, 0.2) is 5.54 Å². The fraction of sp³-hybridized carbons (Fsp3) is 0.107. The number of carbonyl (C=O) groups is 2. The first kappa shape index (κ1) is 23.2. The summed E-state index contributed by atoms with van der Waals surface area (Å²) in [6.45, 7) is 0. The van der Waals surface area contributed by atoms with E-state index in [1.807, 2.05) is 54.6 Å². The molecule has 0 saturated carbocycles. The second-order valence-electron chi connectivity index (χ2n) is 7.81. The minimum absolute atomic E-state index is 0.0469. The van der Waals surface area contributed by atoms with Gasteiger partial charge in [0.1, 0.15) is 0 Å². The second-order valence-corrected chi connectivity index (χ2v) is 8.72. The minimum Gasteiger partial charge on any atom is -0.466 e. The van der Waals surface area contributed by atoms with E-state index in [1.165, 1.54) is 12.0 Å². The van der Waals surface area contributed by atoms with Crippen LogP contribution in [0.4, 0.5) is 0 Å². The highest BCUT2D eigenvalue weighted by molar-refractivity contribution is 9.10. The van der Waals surface area contributed by atoms with Crippen molar-refractivity contribution in [2.45, 2.75) is 12.0 Å². The molecule has 0 fully saturated rings. The topological polar surface area (TPSA) is 70.4 Å². The van der Waals surface area contributed by atoms with Gasteiger partial charge in [-0.1, -0.05) is 70.5 Å². The average molecular weight is 513 g/mol. The molecule has 5 nitrogen and oxygen atoms in total. The molecule has 168 valence electrons. The molecule has 3 aromatic carbocycles. The molecule has 1 aliphatic rings. The lowest BCUT2D eigenvalue weighted by atomic mass is 9.78. The Morgan fingerprint density at radius 2 is 1.71 bits per heavy atom. The van der Waals surface area contributed by atoms with Crippen LogP contribution in [0.5, 0.6) is 0 Å². The van der Waals surface area contributed by atoms with Crippen LogP contribution in [0.3, 0.4) is 0 Å². The Hall–Kier alpha value is -3.95. The van der Waals surface area contributed by atoms with Gasteiger partial charge < -0.3 is 4.74 Å². The molecular weight excluding hydrogens is 492 g/mol. The molecule has 0 aromatic heterocycles. The zero-order valence-electron chi connectivity index (χ0n) is 18.4. The highest BCUT2D eigenvalue weighted by Gasteiger charge is 2.45. The molecule has 0 radical (unpaired) electrons. The Morgan fingerprint density at radius 3 is 2.38 bits per heavy atom. The molecule has 34 heavy (non-hydrogen) atoms. The summed E-state index contributed by atoms with van der Waals surface area (Å²) in [7, 11) is 1.31. The zero-order valence-corrected chi connectivity index (χ0v) is 20.0. The summed E-state index contributed by atoms with van der Waals surface area (Å²) in [6.07, 6.45) is 5.08. The van der Waals surface area contributed by atoms with E-state index >= 15 is 0 Å². The monoisotopic (exact) mass is 512 g/mol. The van der Waals surface area contributed by atoms with Crippen LogP contribution in [0, 0.1) is 11.3 Å². The maximum absolute atomic E-state index is 13.6. The van der Waals surface area contributed by atoms with Gasteiger partial charge in [-0.2, -0.15) is 5.26 Å². The molecule has 0 spiro atoms. The van der Waals surface area contributed by atoms with E-state index in [2.05, 4.69) is 22.0 Å². The summed E-state index contributed by atoms with van der Waals surface area (Å²) in [4.78, 5) is 27.9. The molecule has 1 heterocycles. The van der Waals surface area contributed by atoms with E-state index in [9.17, 15) is 14.9 Å². The Labute approximate surface area is 206 Å². The summed E-state index contributed by atoms with van der Waals surface area (Å²) < 4.78 is 5.90. The van der Waals surface area contributed by atoms with E-state index in [0.29, 0.717) is 11.1 Å². The molecule has 1 atom stereocenters. The van der Waals surface area contributed by atoms with Crippen molar-refractivity contribution in [2.75, 3.05) is 7.11 Å². The van der Waals surface area contributed by atoms with Gasteiger partial charge in [-0.05, 0) is 53.1 Å². The number of nitriles is 1. The van der Waals surface area contributed by atoms with Crippen molar-refractivity contribution in [1.29, 1.82) is 5.26 Å². The number of esters is 1. The molecule has 0 aliphatic carbocycles. The van der Waals surface area contributed by atoms with Crippen LogP contribution in [0.15, 0.2) is 95.1 Å². The van der Waals surface area contributed by atoms with Gasteiger partial charge >= 0.3 is 5.97 Å². The van der Waals surface area contributed by atoms with Crippen LogP contribution < -0.4 is 0 Å². The highest BCUT2D eigenvalue weighted by atomic mass is 79.9. The third-order valence-corrected chi connectivity index (χ3v) is 6.28. The fourth-order valence-corrected chi connectivity index (χ4v) is 4.34. The summed E-state index contributed by atoms with van der Waals surface area (Å²) in [5, 5.41) is 10.6. The number of amides is 1. The van der Waals surface area contributed by atoms with E-state index in [-0.39, 0.29) is 17.9 Å². The summed E-state index contributed by atoms with van der Waals surface area (Å²) >= 11 is 3.39. The van der Waals surface area contributed by atoms with Crippen LogP contribution in [-0.4, -0.2) is 23.9 Å². The van der Waals surface area contributed by atoms with Crippen molar-refractivity contribution < 1.29 is 14.3 Å². The maximum atomic E-state index is 13.6. The molecule has 0 N–H and O–H groups in total. The van der Waals surface area contributed by atoms with Gasteiger partial charge in [0.25, 0.3) is 5.91 Å². The summed E-state index contributed by atoms with van der Waals surface area (Å²) in [6, 6.07) is 26.1. The van der Waals surface area contributed by atoms with Crippen molar-refractivity contribution in [3.63, 3.8) is 0 Å². The molecule has 0 bridgehead atoms. The first-order chi connectivity index (χ1) is 16.5. The normalized spacial score (nSPS) is 17.0. The lowest BCUT2D eigenvalue weighted by Crippen LogP contribution is -2.48. The lowest BCUT2D eigenvalue weighted by molar-refractivity contribution is -0.136. The number of benzene rings is 3. The molecule has 4 rings (SSSR count). The predicted molar refractivity (Wildman–Crippen MR) is 134 cm³/mol. The number of ether oxygens (including phenoxy) is 1. The van der Waals surface area contributed by atoms with E-state index in [4.69, 9.17) is 4.74 Å². The third kappa shape index (κ3) is 4.43. The van der Waals surface area contributed by atoms with E-state index in [0.717, 1.165) is 15.6 Å². The lowest BCUT2D eigenvalue weighted by Gasteiger charge is -2.40. The molecule has 3 aromatic rings. The number of hydrogen-bond acceptors (Lipinski definition) is 4. The van der Waals surface area contributed by atoms with Gasteiger partial charge in [0.2, 0.25) is 0 Å². The largest absolute Gasteiger partial charge is 0.466 e. The Kier molecular flexibility index (Phi) is 6.76. The first-order valence-corrected chi connectivity index (χ1v) is 11.4. The van der Waals surface area contributed by atoms with Gasteiger partial charge in [-0.15, -0.1) is 0 Å². The number of rotatable bonds is 5. The summed E-state index contributed by atoms with van der Waals surface area (Å²) in [5.74, 6) is -0.898. The number of carbonyl (C=O) groups excluding carboxylic acids is 2. The van der Waals surface area contributed by atoms with Crippen LogP contribution >= 0.6 is 15.9 Å². The number of hydrogen-bond donors (Lipinski definition) is 0. The number of methoxy groups -OCH3 is 1. The minimum atomic E-state index is -1.45.